The fourth-order valence-electron chi connectivity index (χ4n) is 1.71. The highest BCUT2D eigenvalue weighted by molar-refractivity contribution is 5.21. The van der Waals surface area contributed by atoms with Gasteiger partial charge in [-0.25, -0.2) is 8.78 Å². The van der Waals surface area contributed by atoms with Crippen LogP contribution in [0.1, 0.15) is 16.7 Å². The molecule has 0 saturated carbocycles. The maximum Gasteiger partial charge on any atom is 0.159 e. The zero-order chi connectivity index (χ0) is 13.0. The van der Waals surface area contributed by atoms with Crippen molar-refractivity contribution in [1.82, 2.24) is 5.32 Å². The van der Waals surface area contributed by atoms with E-state index in [0.717, 1.165) is 11.6 Å². The largest absolute Gasteiger partial charge is 0.309 e. The van der Waals surface area contributed by atoms with Gasteiger partial charge in [0, 0.05) is 13.1 Å². The van der Waals surface area contributed by atoms with Crippen LogP contribution in [0.3, 0.4) is 0 Å². The van der Waals surface area contributed by atoms with Gasteiger partial charge in [-0.15, -0.1) is 0 Å². The second-order valence-electron chi connectivity index (χ2n) is 4.34. The van der Waals surface area contributed by atoms with E-state index in [0.29, 0.717) is 13.1 Å². The minimum Gasteiger partial charge on any atom is -0.309 e. The first-order valence-corrected chi connectivity index (χ1v) is 5.85. The molecule has 0 aliphatic carbocycles. The summed E-state index contributed by atoms with van der Waals surface area (Å²) >= 11 is 0. The van der Waals surface area contributed by atoms with E-state index in [1.807, 2.05) is 19.1 Å². The Balaban J connectivity index is 1.88. The van der Waals surface area contributed by atoms with Gasteiger partial charge in [0.1, 0.15) is 0 Å². The van der Waals surface area contributed by atoms with Gasteiger partial charge in [0.15, 0.2) is 11.6 Å². The first-order valence-electron chi connectivity index (χ1n) is 5.85. The Hall–Kier alpha value is -1.74. The van der Waals surface area contributed by atoms with Crippen molar-refractivity contribution in [3.05, 3.63) is 70.8 Å². The van der Waals surface area contributed by atoms with Crippen LogP contribution in [0, 0.1) is 18.6 Å². The summed E-state index contributed by atoms with van der Waals surface area (Å²) in [5.74, 6) is -1.61. The summed E-state index contributed by atoms with van der Waals surface area (Å²) in [6.07, 6.45) is 0. The molecule has 2 aromatic rings. The van der Waals surface area contributed by atoms with Crippen LogP contribution < -0.4 is 5.32 Å². The van der Waals surface area contributed by atoms with Gasteiger partial charge < -0.3 is 5.32 Å². The van der Waals surface area contributed by atoms with Gasteiger partial charge in [0.25, 0.3) is 0 Å². The van der Waals surface area contributed by atoms with E-state index >= 15 is 0 Å². The van der Waals surface area contributed by atoms with Crippen LogP contribution >= 0.6 is 0 Å². The first-order chi connectivity index (χ1) is 8.65. The summed E-state index contributed by atoms with van der Waals surface area (Å²) in [6, 6.07) is 12.2. The third kappa shape index (κ3) is 3.37. The lowest BCUT2D eigenvalue weighted by molar-refractivity contribution is 0.506. The average Bonchev–Trinajstić information content (AvgIpc) is 2.36. The first kappa shape index (κ1) is 12.7. The number of halogens is 2. The number of hydrogen-bond acceptors (Lipinski definition) is 1. The minimum absolute atomic E-state index is 0.519. The predicted molar refractivity (Wildman–Crippen MR) is 68.1 cm³/mol. The van der Waals surface area contributed by atoms with Crippen LogP contribution in [0.4, 0.5) is 8.78 Å². The van der Waals surface area contributed by atoms with Gasteiger partial charge in [-0.1, -0.05) is 35.9 Å². The number of aryl methyl sites for hydroxylation is 1. The maximum atomic E-state index is 13.0. The van der Waals surface area contributed by atoms with Crippen LogP contribution in [-0.2, 0) is 13.1 Å². The summed E-state index contributed by atoms with van der Waals surface area (Å²) in [6.45, 7) is 3.27. The summed E-state index contributed by atoms with van der Waals surface area (Å²) in [4.78, 5) is 0. The molecule has 0 spiro atoms. The zero-order valence-electron chi connectivity index (χ0n) is 10.2. The molecule has 0 aliphatic heterocycles. The molecule has 94 valence electrons. The number of hydrogen-bond donors (Lipinski definition) is 1. The van der Waals surface area contributed by atoms with E-state index in [9.17, 15) is 8.78 Å². The van der Waals surface area contributed by atoms with Crippen molar-refractivity contribution in [3.8, 4) is 0 Å². The highest BCUT2D eigenvalue weighted by Gasteiger charge is 2.02. The smallest absolute Gasteiger partial charge is 0.159 e. The molecule has 2 aromatic carbocycles. The summed E-state index contributed by atoms with van der Waals surface area (Å²) in [7, 11) is 0. The van der Waals surface area contributed by atoms with Crippen molar-refractivity contribution < 1.29 is 8.78 Å². The Morgan fingerprint density at radius 2 is 1.44 bits per heavy atom. The van der Waals surface area contributed by atoms with Crippen LogP contribution in [0.15, 0.2) is 42.5 Å². The van der Waals surface area contributed by atoms with Crippen molar-refractivity contribution in [2.45, 2.75) is 20.0 Å². The fraction of sp³-hybridized carbons (Fsp3) is 0.200. The lowest BCUT2D eigenvalue weighted by Crippen LogP contribution is -2.12. The van der Waals surface area contributed by atoms with Gasteiger partial charge >= 0.3 is 0 Å². The second kappa shape index (κ2) is 5.74. The van der Waals surface area contributed by atoms with Gasteiger partial charge in [0.05, 0.1) is 0 Å². The number of benzene rings is 2. The van der Waals surface area contributed by atoms with E-state index in [-0.39, 0.29) is 0 Å². The molecule has 1 nitrogen and oxygen atoms in total. The summed E-state index contributed by atoms with van der Waals surface area (Å²) < 4.78 is 25.7. The van der Waals surface area contributed by atoms with E-state index in [1.54, 1.807) is 6.07 Å². The lowest BCUT2D eigenvalue weighted by Gasteiger charge is -2.06. The standard InChI is InChI=1S/C15H15F2N/c1-11-2-4-12(5-3-11)9-18-10-13-6-7-14(16)15(17)8-13/h2-8,18H,9-10H2,1H3. The molecule has 0 aromatic heterocycles. The fourth-order valence-corrected chi connectivity index (χ4v) is 1.71. The average molecular weight is 247 g/mol. The molecule has 0 heterocycles. The van der Waals surface area contributed by atoms with Crippen molar-refractivity contribution in [2.75, 3.05) is 0 Å². The zero-order valence-corrected chi connectivity index (χ0v) is 10.2. The highest BCUT2D eigenvalue weighted by Crippen LogP contribution is 2.09. The molecule has 0 saturated heterocycles. The Labute approximate surface area is 105 Å². The molecule has 18 heavy (non-hydrogen) atoms. The molecule has 0 bridgehead atoms. The van der Waals surface area contributed by atoms with Gasteiger partial charge in [-0.2, -0.15) is 0 Å². The van der Waals surface area contributed by atoms with E-state index in [1.165, 1.54) is 17.2 Å². The van der Waals surface area contributed by atoms with Crippen LogP contribution in [0.5, 0.6) is 0 Å². The van der Waals surface area contributed by atoms with Crippen molar-refractivity contribution >= 4 is 0 Å². The van der Waals surface area contributed by atoms with Crippen molar-refractivity contribution in [1.29, 1.82) is 0 Å². The second-order valence-corrected chi connectivity index (χ2v) is 4.34. The Bertz CT molecular complexity index is 521. The van der Waals surface area contributed by atoms with E-state index in [4.69, 9.17) is 0 Å². The van der Waals surface area contributed by atoms with Gasteiger partial charge in [-0.05, 0) is 30.2 Å². The Morgan fingerprint density at radius 1 is 0.833 bits per heavy atom. The molecular weight excluding hydrogens is 232 g/mol. The Morgan fingerprint density at radius 3 is 2.11 bits per heavy atom. The van der Waals surface area contributed by atoms with Gasteiger partial charge in [-0.3, -0.25) is 0 Å². The molecule has 0 aliphatic rings. The minimum atomic E-state index is -0.808. The van der Waals surface area contributed by atoms with E-state index < -0.39 is 11.6 Å². The van der Waals surface area contributed by atoms with Crippen LogP contribution in [0.2, 0.25) is 0 Å². The van der Waals surface area contributed by atoms with Gasteiger partial charge in [0.2, 0.25) is 0 Å². The predicted octanol–water partition coefficient (Wildman–Crippen LogP) is 3.56. The topological polar surface area (TPSA) is 12.0 Å². The molecule has 3 heteroatoms. The lowest BCUT2D eigenvalue weighted by atomic mass is 10.1. The normalized spacial score (nSPS) is 10.6. The molecule has 0 fully saturated rings. The van der Waals surface area contributed by atoms with Crippen LogP contribution in [-0.4, -0.2) is 0 Å². The molecule has 2 rings (SSSR count). The summed E-state index contributed by atoms with van der Waals surface area (Å²) in [5, 5.41) is 3.19. The van der Waals surface area contributed by atoms with E-state index in [2.05, 4.69) is 17.4 Å². The third-order valence-corrected chi connectivity index (χ3v) is 2.76. The maximum absolute atomic E-state index is 13.0. The van der Waals surface area contributed by atoms with Crippen molar-refractivity contribution in [2.24, 2.45) is 0 Å². The number of nitrogens with one attached hydrogen (secondary N) is 1. The molecule has 1 N–H and O–H groups in total. The monoisotopic (exact) mass is 247 g/mol. The molecular formula is C15H15F2N. The quantitative estimate of drug-likeness (QED) is 0.871. The molecule has 0 amide bonds. The number of rotatable bonds is 4. The van der Waals surface area contributed by atoms with Crippen LogP contribution in [0.25, 0.3) is 0 Å². The molecule has 0 radical (unpaired) electrons. The molecule has 0 unspecified atom stereocenters. The Kier molecular flexibility index (Phi) is 4.05. The third-order valence-electron chi connectivity index (χ3n) is 2.76. The summed E-state index contributed by atoms with van der Waals surface area (Å²) in [5.41, 5.74) is 3.13. The SMILES string of the molecule is Cc1ccc(CNCc2ccc(F)c(F)c2)cc1. The highest BCUT2D eigenvalue weighted by atomic mass is 19.2. The molecule has 0 atom stereocenters. The van der Waals surface area contributed by atoms with Crippen molar-refractivity contribution in [3.63, 3.8) is 0 Å².